The normalized spacial score (nSPS) is 24.8. The molecule has 154 valence electrons. The van der Waals surface area contributed by atoms with E-state index in [1.54, 1.807) is 0 Å². The molecule has 0 aromatic carbocycles. The number of alkyl halides is 6. The highest BCUT2D eigenvalue weighted by Gasteiger charge is 2.64. The minimum absolute atomic E-state index is 0.0778. The summed E-state index contributed by atoms with van der Waals surface area (Å²) in [5.74, 6) is -12.3. The summed E-state index contributed by atoms with van der Waals surface area (Å²) in [4.78, 5) is 18.0. The van der Waals surface area contributed by atoms with Gasteiger partial charge in [0.1, 0.15) is 11.4 Å². The zero-order valence-electron chi connectivity index (χ0n) is 14.6. The van der Waals surface area contributed by atoms with Gasteiger partial charge in [-0.3, -0.25) is 4.79 Å². The van der Waals surface area contributed by atoms with E-state index in [1.807, 2.05) is 0 Å². The van der Waals surface area contributed by atoms with E-state index in [2.05, 4.69) is 4.98 Å². The molecule has 0 spiro atoms. The van der Waals surface area contributed by atoms with Crippen LogP contribution in [0.15, 0.2) is 12.1 Å². The molecule has 1 saturated carbocycles. The molecule has 11 heteroatoms. The summed E-state index contributed by atoms with van der Waals surface area (Å²) in [6, 6.07) is 2.47. The first kappa shape index (κ1) is 19.1. The summed E-state index contributed by atoms with van der Waals surface area (Å²) in [6.07, 6.45) is 1.90. The van der Waals surface area contributed by atoms with Crippen LogP contribution in [0, 0.1) is 5.92 Å². The van der Waals surface area contributed by atoms with E-state index < -0.39 is 49.9 Å². The predicted molar refractivity (Wildman–Crippen MR) is 85.4 cm³/mol. The molecule has 1 aliphatic carbocycles. The fourth-order valence-electron chi connectivity index (χ4n) is 3.14. The van der Waals surface area contributed by atoms with Crippen LogP contribution in [0.4, 0.5) is 32.0 Å². The number of amides is 1. The van der Waals surface area contributed by atoms with Crippen molar-refractivity contribution in [1.82, 2.24) is 9.88 Å². The molecular weight excluding hydrogens is 392 g/mol. The highest BCUT2D eigenvalue weighted by molar-refractivity contribution is 5.93. The van der Waals surface area contributed by atoms with Crippen molar-refractivity contribution in [1.29, 1.82) is 0 Å². The maximum Gasteiger partial charge on any atom is 0.329 e. The minimum Gasteiger partial charge on any atom is -0.476 e. The van der Waals surface area contributed by atoms with Gasteiger partial charge in [0.15, 0.2) is 0 Å². The van der Waals surface area contributed by atoms with Gasteiger partial charge in [-0.1, -0.05) is 0 Å². The number of nitrogens with zero attached hydrogens (tertiary/aromatic N) is 3. The molecule has 1 aromatic heterocycles. The predicted octanol–water partition coefficient (Wildman–Crippen LogP) is 3.05. The number of likely N-dealkylation sites (tertiary alicyclic amines) is 1. The standard InChI is InChI=1S/C17H17F6N3O2/c18-15(19)6-25(7-15)12-4-3-11(24-13(12)28-5-10-1-2-10)14(27)26-8-16(20,21)17(22,23)9-26/h3-4,10H,1-2,5-9H2. The van der Waals surface area contributed by atoms with E-state index in [0.717, 1.165) is 18.9 Å². The molecule has 3 fully saturated rings. The zero-order chi connectivity index (χ0) is 20.3. The number of hydrogen-bond donors (Lipinski definition) is 0. The summed E-state index contributed by atoms with van der Waals surface area (Å²) < 4.78 is 85.4. The van der Waals surface area contributed by atoms with Gasteiger partial charge in [0.05, 0.1) is 32.8 Å². The smallest absolute Gasteiger partial charge is 0.329 e. The number of halogens is 6. The van der Waals surface area contributed by atoms with Crippen molar-refractivity contribution in [3.8, 4) is 5.88 Å². The number of anilines is 1. The fraction of sp³-hybridized carbons (Fsp3) is 0.647. The fourth-order valence-corrected chi connectivity index (χ4v) is 3.14. The van der Waals surface area contributed by atoms with Crippen molar-refractivity contribution >= 4 is 11.6 Å². The van der Waals surface area contributed by atoms with Gasteiger partial charge in [-0.15, -0.1) is 0 Å². The van der Waals surface area contributed by atoms with Gasteiger partial charge in [-0.25, -0.2) is 13.8 Å². The SMILES string of the molecule is O=C(c1ccc(N2CC(F)(F)C2)c(OCC2CC2)n1)N1CC(F)(F)C(F)(F)C1. The number of carbonyl (C=O) groups is 1. The molecule has 1 amide bonds. The maximum atomic E-state index is 13.4. The van der Waals surface area contributed by atoms with E-state index in [4.69, 9.17) is 4.74 Å². The van der Waals surface area contributed by atoms with Gasteiger partial charge >= 0.3 is 11.8 Å². The van der Waals surface area contributed by atoms with Crippen LogP contribution in [0.1, 0.15) is 23.3 Å². The summed E-state index contributed by atoms with van der Waals surface area (Å²) in [5.41, 5.74) is -0.101. The highest BCUT2D eigenvalue weighted by Crippen LogP contribution is 2.42. The van der Waals surface area contributed by atoms with Crippen LogP contribution in [-0.4, -0.2) is 66.3 Å². The topological polar surface area (TPSA) is 45.7 Å². The summed E-state index contributed by atoms with van der Waals surface area (Å²) >= 11 is 0. The van der Waals surface area contributed by atoms with Gasteiger partial charge in [-0.05, 0) is 30.9 Å². The Morgan fingerprint density at radius 3 is 2.18 bits per heavy atom. The number of aromatic nitrogens is 1. The molecule has 1 aromatic rings. The third kappa shape index (κ3) is 3.46. The summed E-state index contributed by atoms with van der Waals surface area (Å²) in [5, 5.41) is 0. The molecule has 0 N–H and O–H groups in total. The lowest BCUT2D eigenvalue weighted by atomic mass is 10.1. The molecule has 2 saturated heterocycles. The van der Waals surface area contributed by atoms with Crippen LogP contribution in [0.2, 0.25) is 0 Å². The second kappa shape index (κ2) is 6.15. The third-order valence-electron chi connectivity index (χ3n) is 5.00. The van der Waals surface area contributed by atoms with Crippen molar-refractivity contribution < 1.29 is 35.9 Å². The maximum absolute atomic E-state index is 13.4. The van der Waals surface area contributed by atoms with Crippen molar-refractivity contribution in [2.45, 2.75) is 30.6 Å². The molecule has 0 radical (unpaired) electrons. The van der Waals surface area contributed by atoms with Crippen LogP contribution in [0.25, 0.3) is 0 Å². The van der Waals surface area contributed by atoms with Crippen LogP contribution in [0.3, 0.4) is 0 Å². The van der Waals surface area contributed by atoms with Gasteiger partial charge in [-0.2, -0.15) is 17.6 Å². The molecule has 3 heterocycles. The number of carbonyl (C=O) groups excluding carboxylic acids is 1. The van der Waals surface area contributed by atoms with Crippen molar-refractivity contribution in [2.75, 3.05) is 37.7 Å². The first-order chi connectivity index (χ1) is 13.0. The van der Waals surface area contributed by atoms with Crippen LogP contribution in [-0.2, 0) is 0 Å². The molecule has 2 aliphatic heterocycles. The molecule has 28 heavy (non-hydrogen) atoms. The van der Waals surface area contributed by atoms with Crippen molar-refractivity contribution in [3.63, 3.8) is 0 Å². The van der Waals surface area contributed by atoms with E-state index >= 15 is 0 Å². The van der Waals surface area contributed by atoms with Crippen LogP contribution in [0.5, 0.6) is 5.88 Å². The van der Waals surface area contributed by atoms with Crippen LogP contribution < -0.4 is 9.64 Å². The molecule has 0 bridgehead atoms. The van der Waals surface area contributed by atoms with E-state index in [0.29, 0.717) is 10.8 Å². The second-order valence-electron chi connectivity index (χ2n) is 7.56. The van der Waals surface area contributed by atoms with Gasteiger partial charge in [0.25, 0.3) is 11.8 Å². The van der Waals surface area contributed by atoms with Gasteiger partial charge < -0.3 is 14.5 Å². The van der Waals surface area contributed by atoms with Gasteiger partial charge in [0.2, 0.25) is 5.88 Å². The van der Waals surface area contributed by atoms with E-state index in [1.165, 1.54) is 11.0 Å². The summed E-state index contributed by atoms with van der Waals surface area (Å²) in [6.45, 7) is -3.63. The Bertz CT molecular complexity index is 775. The Hall–Kier alpha value is -2.20. The lowest BCUT2D eigenvalue weighted by molar-refractivity contribution is -0.172. The minimum atomic E-state index is -4.32. The lowest BCUT2D eigenvalue weighted by Gasteiger charge is -2.40. The average molecular weight is 409 g/mol. The van der Waals surface area contributed by atoms with E-state index in [9.17, 15) is 31.1 Å². The lowest BCUT2D eigenvalue weighted by Crippen LogP contribution is -2.56. The third-order valence-corrected chi connectivity index (χ3v) is 5.00. The summed E-state index contributed by atoms with van der Waals surface area (Å²) in [7, 11) is 0. The molecular formula is C17H17F6N3O2. The number of rotatable bonds is 5. The highest BCUT2D eigenvalue weighted by atomic mass is 19.3. The van der Waals surface area contributed by atoms with Crippen molar-refractivity contribution in [3.05, 3.63) is 17.8 Å². The number of ether oxygens (including phenoxy) is 1. The zero-order valence-corrected chi connectivity index (χ0v) is 14.6. The number of hydrogen-bond acceptors (Lipinski definition) is 4. The molecule has 5 nitrogen and oxygen atoms in total. The Labute approximate surface area is 156 Å². The molecule has 0 unspecified atom stereocenters. The number of pyridine rings is 1. The molecule has 3 aliphatic rings. The largest absolute Gasteiger partial charge is 0.476 e. The quantitative estimate of drug-likeness (QED) is 0.702. The Balaban J connectivity index is 1.55. The Kier molecular flexibility index (Phi) is 4.20. The monoisotopic (exact) mass is 409 g/mol. The second-order valence-corrected chi connectivity index (χ2v) is 7.56. The Morgan fingerprint density at radius 1 is 1.04 bits per heavy atom. The van der Waals surface area contributed by atoms with Crippen LogP contribution >= 0.6 is 0 Å². The molecule has 0 atom stereocenters. The molecule has 4 rings (SSSR count). The Morgan fingerprint density at radius 2 is 1.64 bits per heavy atom. The van der Waals surface area contributed by atoms with E-state index in [-0.39, 0.29) is 23.9 Å². The van der Waals surface area contributed by atoms with Crippen molar-refractivity contribution in [2.24, 2.45) is 5.92 Å². The average Bonchev–Trinajstić information content (AvgIpc) is 3.36. The first-order valence-electron chi connectivity index (χ1n) is 8.79. The van der Waals surface area contributed by atoms with Gasteiger partial charge in [0, 0.05) is 0 Å². The first-order valence-corrected chi connectivity index (χ1v) is 8.79.